The van der Waals surface area contributed by atoms with Crippen LogP contribution in [0.4, 0.5) is 0 Å². The molecule has 2 amide bonds. The summed E-state index contributed by atoms with van der Waals surface area (Å²) in [5.74, 6) is 0.0414. The monoisotopic (exact) mass is 408 g/mol. The summed E-state index contributed by atoms with van der Waals surface area (Å²) in [7, 11) is 1.79. The lowest BCUT2D eigenvalue weighted by molar-refractivity contribution is -0.119. The third kappa shape index (κ3) is 3.77. The van der Waals surface area contributed by atoms with Gasteiger partial charge in [-0.15, -0.1) is 0 Å². The number of nitrogens with one attached hydrogen (secondary N) is 1. The number of carbonyl (C=O) groups excluding carboxylic acids is 2. The van der Waals surface area contributed by atoms with Crippen LogP contribution in [-0.4, -0.2) is 36.3 Å². The Morgan fingerprint density at radius 2 is 1.71 bits per heavy atom. The van der Waals surface area contributed by atoms with Crippen molar-refractivity contribution in [2.75, 3.05) is 13.6 Å². The van der Waals surface area contributed by atoms with Gasteiger partial charge < -0.3 is 10.2 Å². The first kappa shape index (κ1) is 19.3. The van der Waals surface area contributed by atoms with Gasteiger partial charge >= 0.3 is 0 Å². The number of carbonyl (C=O) groups is 2. The van der Waals surface area contributed by atoms with E-state index in [2.05, 4.69) is 66.0 Å². The van der Waals surface area contributed by atoms with Gasteiger partial charge in [0.2, 0.25) is 5.91 Å². The van der Waals surface area contributed by atoms with Gasteiger partial charge in [0, 0.05) is 31.6 Å². The Kier molecular flexibility index (Phi) is 4.91. The third-order valence-corrected chi connectivity index (χ3v) is 6.11. The Hall–Kier alpha value is -3.66. The molecule has 1 saturated heterocycles. The fourth-order valence-electron chi connectivity index (χ4n) is 4.47. The van der Waals surface area contributed by atoms with E-state index in [1.807, 2.05) is 18.2 Å². The number of amides is 2. The summed E-state index contributed by atoms with van der Waals surface area (Å²) in [4.78, 5) is 26.0. The molecule has 4 aromatic rings. The van der Waals surface area contributed by atoms with Crippen molar-refractivity contribution in [3.05, 3.63) is 84.4 Å². The second-order valence-corrected chi connectivity index (χ2v) is 8.29. The van der Waals surface area contributed by atoms with Crippen molar-refractivity contribution in [3.63, 3.8) is 0 Å². The Morgan fingerprint density at radius 1 is 0.935 bits per heavy atom. The van der Waals surface area contributed by atoms with Gasteiger partial charge in [-0.1, -0.05) is 60.7 Å². The van der Waals surface area contributed by atoms with Crippen molar-refractivity contribution in [2.45, 2.75) is 18.9 Å². The molecule has 0 spiro atoms. The molecule has 0 aromatic heterocycles. The summed E-state index contributed by atoms with van der Waals surface area (Å²) in [6.07, 6.45) is 1.33. The summed E-state index contributed by atoms with van der Waals surface area (Å²) in [5, 5.41) is 7.52. The molecule has 0 aliphatic carbocycles. The SMILES string of the molecule is CN(CC1CCC(=O)N1)C(=O)c1ccc2cc(-c3cccc4ccccc34)ccc2c1. The molecule has 154 valence electrons. The van der Waals surface area contributed by atoms with E-state index in [4.69, 9.17) is 0 Å². The van der Waals surface area contributed by atoms with E-state index in [1.165, 1.54) is 16.3 Å². The summed E-state index contributed by atoms with van der Waals surface area (Å²) >= 11 is 0. The highest BCUT2D eigenvalue weighted by molar-refractivity contribution is 6.01. The molecule has 4 heteroatoms. The number of likely N-dealkylation sites (N-methyl/N-ethyl adjacent to an activating group) is 1. The lowest BCUT2D eigenvalue weighted by atomic mass is 9.95. The first-order chi connectivity index (χ1) is 15.1. The minimum atomic E-state index is -0.0267. The first-order valence-electron chi connectivity index (χ1n) is 10.7. The zero-order valence-corrected chi connectivity index (χ0v) is 17.5. The lowest BCUT2D eigenvalue weighted by Crippen LogP contribution is -2.39. The number of hydrogen-bond donors (Lipinski definition) is 1. The average molecular weight is 409 g/mol. The normalized spacial score (nSPS) is 15.9. The quantitative estimate of drug-likeness (QED) is 0.516. The first-order valence-corrected chi connectivity index (χ1v) is 10.7. The number of rotatable bonds is 4. The van der Waals surface area contributed by atoms with Gasteiger partial charge in [-0.05, 0) is 57.3 Å². The Bertz CT molecular complexity index is 1310. The molecule has 1 fully saturated rings. The molecule has 1 unspecified atom stereocenters. The van der Waals surface area contributed by atoms with Gasteiger partial charge in [0.05, 0.1) is 0 Å². The van der Waals surface area contributed by atoms with Crippen LogP contribution in [0.25, 0.3) is 32.7 Å². The molecule has 1 aliphatic heterocycles. The summed E-state index contributed by atoms with van der Waals surface area (Å²) < 4.78 is 0. The average Bonchev–Trinajstić information content (AvgIpc) is 3.21. The number of hydrogen-bond acceptors (Lipinski definition) is 2. The highest BCUT2D eigenvalue weighted by Crippen LogP contribution is 2.31. The number of nitrogens with zero attached hydrogens (tertiary/aromatic N) is 1. The third-order valence-electron chi connectivity index (χ3n) is 6.11. The Morgan fingerprint density at radius 3 is 2.55 bits per heavy atom. The van der Waals surface area contributed by atoms with E-state index in [9.17, 15) is 9.59 Å². The van der Waals surface area contributed by atoms with Gasteiger partial charge in [-0.3, -0.25) is 9.59 Å². The molecule has 1 aliphatic rings. The molecule has 1 N–H and O–H groups in total. The predicted molar refractivity (Wildman–Crippen MR) is 125 cm³/mol. The molecule has 0 bridgehead atoms. The fourth-order valence-corrected chi connectivity index (χ4v) is 4.47. The van der Waals surface area contributed by atoms with Crippen molar-refractivity contribution in [1.29, 1.82) is 0 Å². The van der Waals surface area contributed by atoms with Crippen molar-refractivity contribution in [1.82, 2.24) is 10.2 Å². The maximum absolute atomic E-state index is 12.9. The molecule has 5 rings (SSSR count). The van der Waals surface area contributed by atoms with E-state index >= 15 is 0 Å². The van der Waals surface area contributed by atoms with Crippen LogP contribution in [0.3, 0.4) is 0 Å². The Balaban J connectivity index is 1.42. The summed E-state index contributed by atoms with van der Waals surface area (Å²) in [6.45, 7) is 0.530. The second kappa shape index (κ2) is 7.88. The van der Waals surface area contributed by atoms with E-state index in [0.717, 1.165) is 22.8 Å². The molecule has 1 heterocycles. The maximum Gasteiger partial charge on any atom is 0.253 e. The van der Waals surface area contributed by atoms with Crippen molar-refractivity contribution in [2.24, 2.45) is 0 Å². The zero-order valence-electron chi connectivity index (χ0n) is 17.5. The molecule has 4 nitrogen and oxygen atoms in total. The van der Waals surface area contributed by atoms with E-state index in [1.54, 1.807) is 11.9 Å². The molecule has 1 atom stereocenters. The van der Waals surface area contributed by atoms with Gasteiger partial charge in [-0.2, -0.15) is 0 Å². The standard InChI is InChI=1S/C27H24N2O2/c1-29(17-23-13-14-26(30)28-23)27(31)22-12-10-19-15-21(11-9-20(19)16-22)25-8-4-6-18-5-2-3-7-24(18)25/h2-12,15-16,23H,13-14,17H2,1H3,(H,28,30). The molecule has 0 radical (unpaired) electrons. The van der Waals surface area contributed by atoms with Gasteiger partial charge in [0.25, 0.3) is 5.91 Å². The largest absolute Gasteiger partial charge is 0.352 e. The highest BCUT2D eigenvalue weighted by Gasteiger charge is 2.24. The van der Waals surface area contributed by atoms with Crippen LogP contribution in [-0.2, 0) is 4.79 Å². The highest BCUT2D eigenvalue weighted by atomic mass is 16.2. The van der Waals surface area contributed by atoms with Crippen LogP contribution < -0.4 is 5.32 Å². The molecular formula is C27H24N2O2. The van der Waals surface area contributed by atoms with Crippen LogP contribution in [0.2, 0.25) is 0 Å². The molecule has 31 heavy (non-hydrogen) atoms. The summed E-state index contributed by atoms with van der Waals surface area (Å²) in [5.41, 5.74) is 3.04. The van der Waals surface area contributed by atoms with Crippen LogP contribution in [0, 0.1) is 0 Å². The smallest absolute Gasteiger partial charge is 0.253 e. The fraction of sp³-hybridized carbons (Fsp3) is 0.185. The van der Waals surface area contributed by atoms with Crippen LogP contribution in [0.15, 0.2) is 78.9 Å². The minimum Gasteiger partial charge on any atom is -0.352 e. The van der Waals surface area contributed by atoms with Crippen LogP contribution in [0.1, 0.15) is 23.2 Å². The predicted octanol–water partition coefficient (Wildman–Crippen LogP) is 5.01. The van der Waals surface area contributed by atoms with E-state index < -0.39 is 0 Å². The maximum atomic E-state index is 12.9. The summed E-state index contributed by atoms with van der Waals surface area (Å²) in [6, 6.07) is 27.1. The van der Waals surface area contributed by atoms with Crippen LogP contribution >= 0.6 is 0 Å². The van der Waals surface area contributed by atoms with Gasteiger partial charge in [0.1, 0.15) is 0 Å². The minimum absolute atomic E-state index is 0.0267. The Labute approximate surface area is 181 Å². The zero-order chi connectivity index (χ0) is 21.4. The van der Waals surface area contributed by atoms with Crippen molar-refractivity contribution in [3.8, 4) is 11.1 Å². The molecular weight excluding hydrogens is 384 g/mol. The van der Waals surface area contributed by atoms with Gasteiger partial charge in [0.15, 0.2) is 0 Å². The second-order valence-electron chi connectivity index (χ2n) is 8.29. The van der Waals surface area contributed by atoms with Crippen LogP contribution in [0.5, 0.6) is 0 Å². The van der Waals surface area contributed by atoms with Gasteiger partial charge in [-0.25, -0.2) is 0 Å². The van der Waals surface area contributed by atoms with Crippen molar-refractivity contribution < 1.29 is 9.59 Å². The number of fused-ring (bicyclic) bond motifs is 2. The van der Waals surface area contributed by atoms with Crippen molar-refractivity contribution >= 4 is 33.4 Å². The van der Waals surface area contributed by atoms with E-state index in [-0.39, 0.29) is 17.9 Å². The molecule has 4 aromatic carbocycles. The number of benzene rings is 4. The molecule has 0 saturated carbocycles. The van der Waals surface area contributed by atoms with E-state index in [0.29, 0.717) is 18.5 Å². The lowest BCUT2D eigenvalue weighted by Gasteiger charge is -2.21. The topological polar surface area (TPSA) is 49.4 Å².